The van der Waals surface area contributed by atoms with Crippen molar-refractivity contribution in [2.45, 2.75) is 45.3 Å². The Hall–Kier alpha value is -0.570. The van der Waals surface area contributed by atoms with Crippen LogP contribution in [0.3, 0.4) is 0 Å². The molecule has 0 amide bonds. The smallest absolute Gasteiger partial charge is 0.0813 e. The molecule has 3 heteroatoms. The maximum atomic E-state index is 5.97. The molecule has 0 saturated carbocycles. The van der Waals surface area contributed by atoms with Gasteiger partial charge in [-0.1, -0.05) is 17.7 Å². The Morgan fingerprint density at radius 1 is 1.38 bits per heavy atom. The third-order valence-electron chi connectivity index (χ3n) is 2.69. The molecule has 0 aromatic heterocycles. The van der Waals surface area contributed by atoms with Gasteiger partial charge in [0.05, 0.1) is 11.6 Å². The van der Waals surface area contributed by atoms with E-state index < -0.39 is 0 Å². The van der Waals surface area contributed by atoms with Crippen molar-refractivity contribution in [2.75, 3.05) is 0 Å². The zero-order valence-electron chi connectivity index (χ0n) is 10.0. The molecule has 1 aliphatic carbocycles. The van der Waals surface area contributed by atoms with E-state index in [-0.39, 0.29) is 5.60 Å². The average Bonchev–Trinajstić information content (AvgIpc) is 2.56. The Balaban J connectivity index is 2.06. The summed E-state index contributed by atoms with van der Waals surface area (Å²) in [6.07, 6.45) is 2.15. The molecule has 0 spiro atoms. The Bertz CT molecular complexity index is 384. The number of rotatable bonds is 2. The van der Waals surface area contributed by atoms with Crippen LogP contribution in [0.4, 0.5) is 0 Å². The Morgan fingerprint density at radius 3 is 2.81 bits per heavy atom. The number of aryl methyl sites for hydroxylation is 1. The lowest BCUT2D eigenvalue weighted by molar-refractivity contribution is -0.0888. The topological polar surface area (TPSA) is 21.3 Å². The zero-order valence-corrected chi connectivity index (χ0v) is 10.8. The fourth-order valence-electron chi connectivity index (χ4n) is 1.96. The number of nitrogens with one attached hydrogen (secondary N) is 1. The van der Waals surface area contributed by atoms with Crippen LogP contribution < -0.4 is 5.48 Å². The van der Waals surface area contributed by atoms with Crippen LogP contribution in [0.2, 0.25) is 5.02 Å². The number of hydrogen-bond donors (Lipinski definition) is 1. The summed E-state index contributed by atoms with van der Waals surface area (Å²) in [7, 11) is 0. The highest BCUT2D eigenvalue weighted by atomic mass is 35.5. The van der Waals surface area contributed by atoms with Crippen LogP contribution >= 0.6 is 11.6 Å². The van der Waals surface area contributed by atoms with E-state index in [0.717, 1.165) is 17.9 Å². The number of halogens is 1. The van der Waals surface area contributed by atoms with Crippen molar-refractivity contribution in [1.29, 1.82) is 0 Å². The summed E-state index contributed by atoms with van der Waals surface area (Å²) in [4.78, 5) is 5.62. The van der Waals surface area contributed by atoms with Gasteiger partial charge in [-0.25, -0.2) is 0 Å². The third-order valence-corrected chi connectivity index (χ3v) is 2.93. The molecular formula is C13H18ClNO. The van der Waals surface area contributed by atoms with E-state index in [2.05, 4.69) is 17.6 Å². The normalized spacial score (nSPS) is 19.9. The fourth-order valence-corrected chi connectivity index (χ4v) is 2.15. The molecule has 2 nitrogen and oxygen atoms in total. The molecule has 16 heavy (non-hydrogen) atoms. The third kappa shape index (κ3) is 2.76. The number of hydrogen-bond acceptors (Lipinski definition) is 2. The summed E-state index contributed by atoms with van der Waals surface area (Å²) in [5, 5.41) is 0.816. The van der Waals surface area contributed by atoms with Crippen molar-refractivity contribution >= 4 is 11.6 Å². The van der Waals surface area contributed by atoms with Gasteiger partial charge in [-0.15, -0.1) is 0 Å². The van der Waals surface area contributed by atoms with Gasteiger partial charge in [0, 0.05) is 5.02 Å². The van der Waals surface area contributed by atoms with Crippen molar-refractivity contribution in [1.82, 2.24) is 5.48 Å². The van der Waals surface area contributed by atoms with Crippen LogP contribution in [-0.2, 0) is 11.3 Å². The molecule has 0 bridgehead atoms. The molecule has 0 heterocycles. The predicted molar refractivity (Wildman–Crippen MR) is 66.5 cm³/mol. The van der Waals surface area contributed by atoms with Crippen molar-refractivity contribution in [3.63, 3.8) is 0 Å². The molecule has 2 rings (SSSR count). The highest BCUT2D eigenvalue weighted by Crippen LogP contribution is 2.33. The second kappa shape index (κ2) is 4.36. The van der Waals surface area contributed by atoms with E-state index >= 15 is 0 Å². The van der Waals surface area contributed by atoms with Gasteiger partial charge in [0.15, 0.2) is 0 Å². The van der Waals surface area contributed by atoms with Crippen LogP contribution in [0.25, 0.3) is 0 Å². The molecule has 1 N–H and O–H groups in total. The lowest BCUT2D eigenvalue weighted by Crippen LogP contribution is -2.31. The molecule has 88 valence electrons. The van der Waals surface area contributed by atoms with Gasteiger partial charge in [-0.05, 0) is 56.9 Å². The maximum absolute atomic E-state index is 5.97. The Kier molecular flexibility index (Phi) is 3.24. The van der Waals surface area contributed by atoms with Gasteiger partial charge in [0.25, 0.3) is 0 Å². The van der Waals surface area contributed by atoms with E-state index in [1.54, 1.807) is 0 Å². The second-order valence-electron chi connectivity index (χ2n) is 5.27. The van der Waals surface area contributed by atoms with E-state index in [0.29, 0.717) is 6.04 Å². The Labute approximate surface area is 102 Å². The van der Waals surface area contributed by atoms with E-state index in [4.69, 9.17) is 16.4 Å². The summed E-state index contributed by atoms with van der Waals surface area (Å²) in [5.41, 5.74) is 5.65. The molecule has 0 aliphatic heterocycles. The summed E-state index contributed by atoms with van der Waals surface area (Å²) >= 11 is 5.97. The summed E-state index contributed by atoms with van der Waals surface area (Å²) in [5.74, 6) is 0. The quantitative estimate of drug-likeness (QED) is 0.796. The molecule has 1 aromatic rings. The van der Waals surface area contributed by atoms with E-state index in [9.17, 15) is 0 Å². The van der Waals surface area contributed by atoms with E-state index in [1.165, 1.54) is 11.1 Å². The summed E-state index contributed by atoms with van der Waals surface area (Å²) in [6.45, 7) is 6.12. The van der Waals surface area contributed by atoms with Crippen LogP contribution in [0.1, 0.15) is 44.4 Å². The number of fused-ring (bicyclic) bond motifs is 1. The molecule has 0 saturated heterocycles. The van der Waals surface area contributed by atoms with Crippen molar-refractivity contribution < 1.29 is 4.84 Å². The number of benzene rings is 1. The maximum Gasteiger partial charge on any atom is 0.0813 e. The molecule has 1 aliphatic rings. The molecule has 1 atom stereocenters. The molecular weight excluding hydrogens is 222 g/mol. The SMILES string of the molecule is CC(C)(C)ONC1CCc2cc(Cl)ccc21. The van der Waals surface area contributed by atoms with Gasteiger partial charge in [-0.2, -0.15) is 5.48 Å². The summed E-state index contributed by atoms with van der Waals surface area (Å²) < 4.78 is 0. The van der Waals surface area contributed by atoms with Gasteiger partial charge >= 0.3 is 0 Å². The van der Waals surface area contributed by atoms with Crippen molar-refractivity contribution in [3.8, 4) is 0 Å². The highest BCUT2D eigenvalue weighted by Gasteiger charge is 2.24. The van der Waals surface area contributed by atoms with Crippen LogP contribution in [0, 0.1) is 0 Å². The highest BCUT2D eigenvalue weighted by molar-refractivity contribution is 6.30. The minimum Gasteiger partial charge on any atom is -0.296 e. The van der Waals surface area contributed by atoms with Crippen LogP contribution in [0.15, 0.2) is 18.2 Å². The first-order valence-corrected chi connectivity index (χ1v) is 6.05. The first-order valence-electron chi connectivity index (χ1n) is 5.67. The standard InChI is InChI=1S/C13H18ClNO/c1-13(2,3)16-15-12-7-4-9-8-10(14)5-6-11(9)12/h5-6,8,12,15H,4,7H2,1-3H3. The minimum atomic E-state index is -0.158. The van der Waals surface area contributed by atoms with Crippen molar-refractivity contribution in [3.05, 3.63) is 34.3 Å². The van der Waals surface area contributed by atoms with Crippen LogP contribution in [-0.4, -0.2) is 5.60 Å². The van der Waals surface area contributed by atoms with Gasteiger partial charge in [0.2, 0.25) is 0 Å². The Morgan fingerprint density at radius 2 is 2.12 bits per heavy atom. The lowest BCUT2D eigenvalue weighted by Gasteiger charge is -2.23. The van der Waals surface area contributed by atoms with Crippen molar-refractivity contribution in [2.24, 2.45) is 0 Å². The lowest BCUT2D eigenvalue weighted by atomic mass is 10.1. The van der Waals surface area contributed by atoms with Gasteiger partial charge in [0.1, 0.15) is 0 Å². The molecule has 0 fully saturated rings. The summed E-state index contributed by atoms with van der Waals surface area (Å²) in [6, 6.07) is 6.38. The first-order chi connectivity index (χ1) is 7.46. The second-order valence-corrected chi connectivity index (χ2v) is 5.70. The molecule has 1 aromatic carbocycles. The zero-order chi connectivity index (χ0) is 11.8. The van der Waals surface area contributed by atoms with Crippen LogP contribution in [0.5, 0.6) is 0 Å². The fraction of sp³-hybridized carbons (Fsp3) is 0.538. The average molecular weight is 240 g/mol. The molecule has 1 unspecified atom stereocenters. The predicted octanol–water partition coefficient (Wildman–Crippen LogP) is 3.65. The molecule has 0 radical (unpaired) electrons. The minimum absolute atomic E-state index is 0.158. The van der Waals surface area contributed by atoms with E-state index in [1.807, 2.05) is 26.8 Å². The first kappa shape index (κ1) is 11.9. The largest absolute Gasteiger partial charge is 0.296 e. The number of hydroxylamine groups is 1. The van der Waals surface area contributed by atoms with Gasteiger partial charge in [-0.3, -0.25) is 4.84 Å². The monoisotopic (exact) mass is 239 g/mol. The van der Waals surface area contributed by atoms with Gasteiger partial charge < -0.3 is 0 Å².